The first-order valence-electron chi connectivity index (χ1n) is 3.12. The summed E-state index contributed by atoms with van der Waals surface area (Å²) in [7, 11) is 0. The molecular formula is C7H11NO2. The molecule has 0 aromatic carbocycles. The molecule has 0 aliphatic rings. The Morgan fingerprint density at radius 3 is 2.80 bits per heavy atom. The van der Waals surface area contributed by atoms with Crippen molar-refractivity contribution in [3.8, 4) is 12.3 Å². The quantitative estimate of drug-likeness (QED) is 0.521. The predicted octanol–water partition coefficient (Wildman–Crippen LogP) is -0.493. The van der Waals surface area contributed by atoms with Crippen molar-refractivity contribution in [1.29, 1.82) is 0 Å². The van der Waals surface area contributed by atoms with Gasteiger partial charge < -0.3 is 10.4 Å². The first-order valence-corrected chi connectivity index (χ1v) is 3.12. The Morgan fingerprint density at radius 2 is 2.50 bits per heavy atom. The lowest BCUT2D eigenvalue weighted by atomic mass is 10.2. The fraction of sp³-hybridized carbons (Fsp3) is 0.571. The van der Waals surface area contributed by atoms with E-state index in [-0.39, 0.29) is 12.6 Å². The monoisotopic (exact) mass is 141 g/mol. The van der Waals surface area contributed by atoms with Crippen molar-refractivity contribution in [1.82, 2.24) is 5.32 Å². The van der Waals surface area contributed by atoms with Crippen LogP contribution in [-0.2, 0) is 4.79 Å². The number of hydrogen-bond donors (Lipinski definition) is 2. The zero-order valence-electron chi connectivity index (χ0n) is 5.92. The smallest absolute Gasteiger partial charge is 0.295 e. The van der Waals surface area contributed by atoms with Gasteiger partial charge in [-0.15, -0.1) is 6.42 Å². The maximum atomic E-state index is 10.5. The average molecular weight is 141 g/mol. The lowest BCUT2D eigenvalue weighted by molar-refractivity contribution is -0.116. The summed E-state index contributed by atoms with van der Waals surface area (Å²) in [6.45, 7) is 1.79. The van der Waals surface area contributed by atoms with E-state index in [1.165, 1.54) is 0 Å². The molecule has 2 N–H and O–H groups in total. The predicted molar refractivity (Wildman–Crippen MR) is 38.1 cm³/mol. The minimum Gasteiger partial charge on any atom is -0.394 e. The van der Waals surface area contributed by atoms with Crippen LogP contribution in [0.4, 0.5) is 0 Å². The summed E-state index contributed by atoms with van der Waals surface area (Å²) in [4.78, 5) is 10.5. The van der Waals surface area contributed by atoms with Gasteiger partial charge in [-0.05, 0) is 12.3 Å². The van der Waals surface area contributed by atoms with E-state index in [0.717, 1.165) is 0 Å². The molecule has 0 saturated carbocycles. The summed E-state index contributed by atoms with van der Waals surface area (Å²) < 4.78 is 0. The summed E-state index contributed by atoms with van der Waals surface area (Å²) in [5.74, 6) is 1.43. The standard InChI is InChI=1S/C7H11NO2/c1-3-6(5-9)8-7(10)4-2/h2,6,9H,3,5H2,1H3,(H,8,10). The molecule has 0 aromatic heterocycles. The fourth-order valence-corrected chi connectivity index (χ4v) is 0.504. The normalized spacial score (nSPS) is 11.7. The zero-order valence-corrected chi connectivity index (χ0v) is 5.92. The molecular weight excluding hydrogens is 130 g/mol. The van der Waals surface area contributed by atoms with Gasteiger partial charge >= 0.3 is 0 Å². The summed E-state index contributed by atoms with van der Waals surface area (Å²) in [6, 6.07) is -0.205. The van der Waals surface area contributed by atoms with Gasteiger partial charge in [0, 0.05) is 0 Å². The van der Waals surface area contributed by atoms with E-state index in [2.05, 4.69) is 5.32 Å². The van der Waals surface area contributed by atoms with Crippen molar-refractivity contribution < 1.29 is 9.90 Å². The molecule has 0 heterocycles. The van der Waals surface area contributed by atoms with Crippen molar-refractivity contribution in [3.63, 3.8) is 0 Å². The Hall–Kier alpha value is -1.01. The first kappa shape index (κ1) is 8.99. The minimum absolute atomic E-state index is 0.0656. The second-order valence-electron chi connectivity index (χ2n) is 1.91. The molecule has 1 amide bonds. The van der Waals surface area contributed by atoms with E-state index >= 15 is 0 Å². The number of carbonyl (C=O) groups excluding carboxylic acids is 1. The highest BCUT2D eigenvalue weighted by Crippen LogP contribution is 1.86. The molecule has 0 spiro atoms. The molecule has 0 rings (SSSR count). The number of hydrogen-bond acceptors (Lipinski definition) is 2. The number of amides is 1. The van der Waals surface area contributed by atoms with E-state index in [1.807, 2.05) is 12.8 Å². The number of aliphatic hydroxyl groups is 1. The van der Waals surface area contributed by atoms with Crippen LogP contribution < -0.4 is 5.32 Å². The third kappa shape index (κ3) is 3.10. The number of nitrogens with one attached hydrogen (secondary N) is 1. The van der Waals surface area contributed by atoms with Crippen molar-refractivity contribution in [2.75, 3.05) is 6.61 Å². The number of rotatable bonds is 3. The second-order valence-corrected chi connectivity index (χ2v) is 1.91. The summed E-state index contributed by atoms with van der Waals surface area (Å²) >= 11 is 0. The molecule has 3 nitrogen and oxygen atoms in total. The van der Waals surface area contributed by atoms with Gasteiger partial charge in [0.1, 0.15) is 0 Å². The molecule has 1 atom stereocenters. The van der Waals surface area contributed by atoms with Gasteiger partial charge in [-0.2, -0.15) is 0 Å². The third-order valence-electron chi connectivity index (χ3n) is 1.18. The Kier molecular flexibility index (Phi) is 4.34. The van der Waals surface area contributed by atoms with Gasteiger partial charge in [0.15, 0.2) is 0 Å². The highest BCUT2D eigenvalue weighted by Gasteiger charge is 2.05. The van der Waals surface area contributed by atoms with Crippen molar-refractivity contribution in [3.05, 3.63) is 0 Å². The maximum Gasteiger partial charge on any atom is 0.295 e. The highest BCUT2D eigenvalue weighted by molar-refractivity contribution is 5.92. The van der Waals surface area contributed by atoms with Gasteiger partial charge in [0.25, 0.3) is 5.91 Å². The minimum atomic E-state index is -0.471. The maximum absolute atomic E-state index is 10.5. The van der Waals surface area contributed by atoms with Crippen LogP contribution >= 0.6 is 0 Å². The van der Waals surface area contributed by atoms with Gasteiger partial charge in [0.05, 0.1) is 12.6 Å². The van der Waals surface area contributed by atoms with Crippen LogP contribution in [0.3, 0.4) is 0 Å². The Morgan fingerprint density at radius 1 is 1.90 bits per heavy atom. The zero-order chi connectivity index (χ0) is 7.98. The van der Waals surface area contributed by atoms with E-state index < -0.39 is 5.91 Å². The SMILES string of the molecule is C#CC(=O)NC(CC)CO. The molecule has 1 unspecified atom stereocenters. The Balaban J connectivity index is 3.65. The number of carbonyl (C=O) groups is 1. The van der Waals surface area contributed by atoms with E-state index in [0.29, 0.717) is 6.42 Å². The molecule has 0 bridgehead atoms. The fourth-order valence-electron chi connectivity index (χ4n) is 0.504. The third-order valence-corrected chi connectivity index (χ3v) is 1.18. The Bertz CT molecular complexity index is 144. The second kappa shape index (κ2) is 4.83. The first-order chi connectivity index (χ1) is 4.74. The van der Waals surface area contributed by atoms with Crippen LogP contribution in [0.25, 0.3) is 0 Å². The van der Waals surface area contributed by atoms with Gasteiger partial charge in [-0.25, -0.2) is 0 Å². The van der Waals surface area contributed by atoms with Crippen LogP contribution in [0.15, 0.2) is 0 Å². The lowest BCUT2D eigenvalue weighted by Gasteiger charge is -2.10. The van der Waals surface area contributed by atoms with Crippen LogP contribution in [0, 0.1) is 12.3 Å². The topological polar surface area (TPSA) is 49.3 Å². The number of terminal acetylenes is 1. The van der Waals surface area contributed by atoms with Crippen molar-refractivity contribution in [2.24, 2.45) is 0 Å². The van der Waals surface area contributed by atoms with E-state index in [4.69, 9.17) is 11.5 Å². The largest absolute Gasteiger partial charge is 0.394 e. The molecule has 0 aromatic rings. The van der Waals surface area contributed by atoms with Crippen LogP contribution in [0.2, 0.25) is 0 Å². The Labute approximate surface area is 60.4 Å². The van der Waals surface area contributed by atoms with Crippen molar-refractivity contribution >= 4 is 5.91 Å². The van der Waals surface area contributed by atoms with Gasteiger partial charge in [-0.1, -0.05) is 6.92 Å². The molecule has 3 heteroatoms. The molecule has 0 aliphatic carbocycles. The van der Waals surface area contributed by atoms with Crippen LogP contribution in [0.1, 0.15) is 13.3 Å². The molecule has 10 heavy (non-hydrogen) atoms. The molecule has 0 saturated heterocycles. The molecule has 0 aliphatic heterocycles. The summed E-state index contributed by atoms with van der Waals surface area (Å²) in [5.41, 5.74) is 0. The molecule has 0 radical (unpaired) electrons. The molecule has 56 valence electrons. The van der Waals surface area contributed by atoms with Crippen LogP contribution in [0.5, 0.6) is 0 Å². The number of aliphatic hydroxyl groups excluding tert-OH is 1. The van der Waals surface area contributed by atoms with Crippen LogP contribution in [-0.4, -0.2) is 23.7 Å². The summed E-state index contributed by atoms with van der Waals surface area (Å²) in [5, 5.41) is 11.0. The van der Waals surface area contributed by atoms with E-state index in [9.17, 15) is 4.79 Å². The highest BCUT2D eigenvalue weighted by atomic mass is 16.3. The van der Waals surface area contributed by atoms with Crippen molar-refractivity contribution in [2.45, 2.75) is 19.4 Å². The summed E-state index contributed by atoms with van der Waals surface area (Å²) in [6.07, 6.45) is 5.47. The van der Waals surface area contributed by atoms with Gasteiger partial charge in [-0.3, -0.25) is 4.79 Å². The molecule has 0 fully saturated rings. The lowest BCUT2D eigenvalue weighted by Crippen LogP contribution is -2.35. The van der Waals surface area contributed by atoms with E-state index in [1.54, 1.807) is 0 Å². The van der Waals surface area contributed by atoms with Gasteiger partial charge in [0.2, 0.25) is 0 Å². The average Bonchev–Trinajstić information content (AvgIpc) is 1.99.